The Balaban J connectivity index is 1.80. The van der Waals surface area contributed by atoms with Crippen molar-refractivity contribution in [2.75, 3.05) is 19.0 Å². The first-order valence-electron chi connectivity index (χ1n) is 8.05. The van der Waals surface area contributed by atoms with Crippen molar-refractivity contribution in [2.45, 2.75) is 12.8 Å². The van der Waals surface area contributed by atoms with Crippen LogP contribution in [0.2, 0.25) is 0 Å². The monoisotopic (exact) mass is 319 g/mol. The summed E-state index contributed by atoms with van der Waals surface area (Å²) >= 11 is 0. The van der Waals surface area contributed by atoms with E-state index in [0.717, 1.165) is 40.8 Å². The average Bonchev–Trinajstić information content (AvgIpc) is 2.89. The molecule has 1 aliphatic rings. The second-order valence-electron chi connectivity index (χ2n) is 6.25. The molecule has 0 radical (unpaired) electrons. The number of carbonyl (C=O) groups excluding carboxylic acids is 1. The molecule has 0 bridgehead atoms. The van der Waals surface area contributed by atoms with Crippen molar-refractivity contribution in [3.05, 3.63) is 70.8 Å². The second-order valence-corrected chi connectivity index (χ2v) is 6.25. The summed E-state index contributed by atoms with van der Waals surface area (Å²) in [5.41, 5.74) is 4.69. The number of rotatable bonds is 3. The van der Waals surface area contributed by atoms with Crippen LogP contribution < -0.4 is 4.90 Å². The minimum atomic E-state index is 0.107. The molecule has 3 nitrogen and oxygen atoms in total. The van der Waals surface area contributed by atoms with Crippen molar-refractivity contribution in [2.24, 2.45) is 0 Å². The molecule has 2 aromatic rings. The minimum Gasteiger partial charge on any atom is -0.508 e. The molecule has 2 aromatic carbocycles. The van der Waals surface area contributed by atoms with Gasteiger partial charge in [0.05, 0.1) is 0 Å². The molecule has 0 unspecified atom stereocenters. The molecule has 1 N–H and O–H groups in total. The molecule has 1 aliphatic carbocycles. The van der Waals surface area contributed by atoms with Crippen LogP contribution in [0.4, 0.5) is 5.69 Å². The van der Waals surface area contributed by atoms with Crippen LogP contribution in [0.3, 0.4) is 0 Å². The zero-order valence-electron chi connectivity index (χ0n) is 14.0. The highest BCUT2D eigenvalue weighted by molar-refractivity contribution is 6.15. The summed E-state index contributed by atoms with van der Waals surface area (Å²) < 4.78 is 0. The number of phenolic OH excluding ortho intramolecular Hbond substituents is 1. The number of anilines is 1. The van der Waals surface area contributed by atoms with Crippen molar-refractivity contribution >= 4 is 23.6 Å². The zero-order valence-corrected chi connectivity index (χ0v) is 14.0. The molecule has 3 rings (SSSR count). The Morgan fingerprint density at radius 2 is 1.54 bits per heavy atom. The van der Waals surface area contributed by atoms with Gasteiger partial charge in [-0.25, -0.2) is 0 Å². The number of aromatic hydroxyl groups is 1. The molecule has 0 heterocycles. The topological polar surface area (TPSA) is 40.5 Å². The summed E-state index contributed by atoms with van der Waals surface area (Å²) in [5.74, 6) is 0.321. The van der Waals surface area contributed by atoms with Gasteiger partial charge >= 0.3 is 0 Å². The third kappa shape index (κ3) is 3.57. The van der Waals surface area contributed by atoms with E-state index in [2.05, 4.69) is 12.1 Å². The fraction of sp³-hybridized carbons (Fsp3) is 0.190. The minimum absolute atomic E-state index is 0.107. The van der Waals surface area contributed by atoms with Gasteiger partial charge in [0, 0.05) is 30.9 Å². The second kappa shape index (κ2) is 6.75. The predicted molar refractivity (Wildman–Crippen MR) is 99.1 cm³/mol. The largest absolute Gasteiger partial charge is 0.508 e. The van der Waals surface area contributed by atoms with Gasteiger partial charge in [0.25, 0.3) is 0 Å². The third-order valence-corrected chi connectivity index (χ3v) is 4.21. The molecular formula is C21H21NO2. The fourth-order valence-electron chi connectivity index (χ4n) is 2.86. The van der Waals surface area contributed by atoms with Crippen LogP contribution in [0.1, 0.15) is 24.0 Å². The lowest BCUT2D eigenvalue weighted by molar-refractivity contribution is -0.111. The molecule has 0 aromatic heterocycles. The molecule has 0 atom stereocenters. The summed E-state index contributed by atoms with van der Waals surface area (Å²) in [4.78, 5) is 14.6. The number of allylic oxidation sites excluding steroid dienone is 2. The highest BCUT2D eigenvalue weighted by atomic mass is 16.3. The number of ketones is 1. The van der Waals surface area contributed by atoms with E-state index in [1.54, 1.807) is 18.2 Å². The van der Waals surface area contributed by atoms with Gasteiger partial charge < -0.3 is 10.0 Å². The first-order valence-corrected chi connectivity index (χ1v) is 8.05. The van der Waals surface area contributed by atoms with Crippen LogP contribution in [-0.2, 0) is 4.79 Å². The molecule has 0 saturated heterocycles. The van der Waals surface area contributed by atoms with Crippen molar-refractivity contribution < 1.29 is 9.90 Å². The fourth-order valence-corrected chi connectivity index (χ4v) is 2.86. The Labute approximate surface area is 142 Å². The van der Waals surface area contributed by atoms with Gasteiger partial charge in [-0.3, -0.25) is 4.79 Å². The van der Waals surface area contributed by atoms with E-state index in [-0.39, 0.29) is 11.5 Å². The van der Waals surface area contributed by atoms with Gasteiger partial charge in [0.15, 0.2) is 5.78 Å². The Hall–Kier alpha value is -2.81. The molecule has 0 aliphatic heterocycles. The van der Waals surface area contributed by atoms with E-state index in [1.807, 2.05) is 49.3 Å². The smallest absolute Gasteiger partial charge is 0.185 e. The summed E-state index contributed by atoms with van der Waals surface area (Å²) in [6.45, 7) is 0. The number of hydrogen-bond donors (Lipinski definition) is 1. The first kappa shape index (κ1) is 16.1. The molecule has 24 heavy (non-hydrogen) atoms. The van der Waals surface area contributed by atoms with E-state index in [4.69, 9.17) is 0 Å². The lowest BCUT2D eigenvalue weighted by Gasteiger charge is -2.11. The van der Waals surface area contributed by atoms with Gasteiger partial charge in [-0.15, -0.1) is 0 Å². The average molecular weight is 319 g/mol. The van der Waals surface area contributed by atoms with Crippen LogP contribution in [0.5, 0.6) is 5.75 Å². The Kier molecular flexibility index (Phi) is 4.52. The zero-order chi connectivity index (χ0) is 17.1. The van der Waals surface area contributed by atoms with Crippen molar-refractivity contribution in [1.82, 2.24) is 0 Å². The maximum atomic E-state index is 12.6. The number of nitrogens with zero attached hydrogens (tertiary/aromatic N) is 1. The van der Waals surface area contributed by atoms with Crippen LogP contribution in [0.25, 0.3) is 12.2 Å². The van der Waals surface area contributed by atoms with Gasteiger partial charge in [0.2, 0.25) is 0 Å². The summed E-state index contributed by atoms with van der Waals surface area (Å²) in [6.07, 6.45) is 5.36. The molecule has 0 amide bonds. The normalized spacial score (nSPS) is 17.7. The number of Topliss-reactive ketones (excluding diaryl/α,β-unsaturated/α-hetero) is 1. The van der Waals surface area contributed by atoms with Crippen molar-refractivity contribution in [3.63, 3.8) is 0 Å². The lowest BCUT2D eigenvalue weighted by atomic mass is 10.1. The maximum absolute atomic E-state index is 12.6. The first-order chi connectivity index (χ1) is 11.5. The highest BCUT2D eigenvalue weighted by Crippen LogP contribution is 2.30. The Bertz CT molecular complexity index is 814. The lowest BCUT2D eigenvalue weighted by Crippen LogP contribution is -2.07. The summed E-state index contributed by atoms with van der Waals surface area (Å²) in [7, 11) is 4.01. The number of phenols is 1. The standard InChI is InChI=1S/C21H21NO2/c1-22(2)19-10-6-15(7-11-19)12-17-8-9-18(21(17)24)13-16-4-3-5-20(23)14-16/h3-7,10-14,23H,8-9H2,1-2H3. The predicted octanol–water partition coefficient (Wildman–Crippen LogP) is 4.29. The van der Waals surface area contributed by atoms with E-state index in [9.17, 15) is 9.90 Å². The van der Waals surface area contributed by atoms with Gasteiger partial charge in [-0.2, -0.15) is 0 Å². The molecular weight excluding hydrogens is 298 g/mol. The number of carbonyl (C=O) groups is 1. The van der Waals surface area contributed by atoms with E-state index < -0.39 is 0 Å². The molecule has 1 saturated carbocycles. The molecule has 122 valence electrons. The maximum Gasteiger partial charge on any atom is 0.185 e. The quantitative estimate of drug-likeness (QED) is 0.858. The van der Waals surface area contributed by atoms with Gasteiger partial charge in [0.1, 0.15) is 5.75 Å². The van der Waals surface area contributed by atoms with E-state index in [0.29, 0.717) is 0 Å². The van der Waals surface area contributed by atoms with Crippen LogP contribution in [0, 0.1) is 0 Å². The SMILES string of the molecule is CN(C)c1ccc(C=C2CCC(=Cc3cccc(O)c3)C2=O)cc1. The molecule has 1 fully saturated rings. The summed E-state index contributed by atoms with van der Waals surface area (Å²) in [6, 6.07) is 15.1. The van der Waals surface area contributed by atoms with E-state index >= 15 is 0 Å². The number of hydrogen-bond acceptors (Lipinski definition) is 3. The Morgan fingerprint density at radius 3 is 2.12 bits per heavy atom. The Morgan fingerprint density at radius 1 is 0.917 bits per heavy atom. The molecule has 3 heteroatoms. The van der Waals surface area contributed by atoms with Crippen LogP contribution >= 0.6 is 0 Å². The van der Waals surface area contributed by atoms with Crippen molar-refractivity contribution in [1.29, 1.82) is 0 Å². The molecule has 0 spiro atoms. The van der Waals surface area contributed by atoms with Gasteiger partial charge in [-0.1, -0.05) is 24.3 Å². The third-order valence-electron chi connectivity index (χ3n) is 4.21. The van der Waals surface area contributed by atoms with Crippen LogP contribution in [0.15, 0.2) is 59.7 Å². The van der Waals surface area contributed by atoms with Crippen LogP contribution in [-0.4, -0.2) is 25.0 Å². The number of benzene rings is 2. The van der Waals surface area contributed by atoms with Gasteiger partial charge in [-0.05, 0) is 60.4 Å². The summed E-state index contributed by atoms with van der Waals surface area (Å²) in [5, 5.41) is 9.53. The highest BCUT2D eigenvalue weighted by Gasteiger charge is 2.22. The van der Waals surface area contributed by atoms with E-state index in [1.165, 1.54) is 0 Å². The van der Waals surface area contributed by atoms with Crippen molar-refractivity contribution in [3.8, 4) is 5.75 Å².